The summed E-state index contributed by atoms with van der Waals surface area (Å²) < 4.78 is 5.61. The average molecular weight is 233 g/mol. The SMILES string of the molecule is CCOc1ccccc1CNCC(C)C1CC1. The van der Waals surface area contributed by atoms with E-state index in [1.165, 1.54) is 18.4 Å². The molecule has 1 aliphatic rings. The second-order valence-corrected chi connectivity index (χ2v) is 4.99. The molecule has 0 aliphatic heterocycles. The van der Waals surface area contributed by atoms with E-state index in [1.807, 2.05) is 19.1 Å². The zero-order valence-corrected chi connectivity index (χ0v) is 10.9. The van der Waals surface area contributed by atoms with Gasteiger partial charge in [0.2, 0.25) is 0 Å². The van der Waals surface area contributed by atoms with Crippen LogP contribution in [0.3, 0.4) is 0 Å². The lowest BCUT2D eigenvalue weighted by molar-refractivity contribution is 0.334. The number of hydrogen-bond acceptors (Lipinski definition) is 2. The minimum Gasteiger partial charge on any atom is -0.494 e. The third-order valence-corrected chi connectivity index (χ3v) is 3.48. The zero-order chi connectivity index (χ0) is 12.1. The lowest BCUT2D eigenvalue weighted by Crippen LogP contribution is -2.22. The standard InChI is InChI=1S/C15H23NO/c1-3-17-15-7-5-4-6-14(15)11-16-10-12(2)13-8-9-13/h4-7,12-13,16H,3,8-11H2,1-2H3. The van der Waals surface area contributed by atoms with E-state index < -0.39 is 0 Å². The molecule has 17 heavy (non-hydrogen) atoms. The number of para-hydroxylation sites is 1. The molecule has 1 saturated carbocycles. The van der Waals surface area contributed by atoms with Gasteiger partial charge in [-0.05, 0) is 44.2 Å². The van der Waals surface area contributed by atoms with Crippen molar-refractivity contribution in [2.24, 2.45) is 11.8 Å². The van der Waals surface area contributed by atoms with E-state index in [2.05, 4.69) is 24.4 Å². The molecular weight excluding hydrogens is 210 g/mol. The molecule has 94 valence electrons. The van der Waals surface area contributed by atoms with Gasteiger partial charge in [-0.15, -0.1) is 0 Å². The summed E-state index contributed by atoms with van der Waals surface area (Å²) in [6.07, 6.45) is 2.86. The van der Waals surface area contributed by atoms with Crippen molar-refractivity contribution in [2.45, 2.75) is 33.2 Å². The highest BCUT2D eigenvalue weighted by molar-refractivity contribution is 5.33. The van der Waals surface area contributed by atoms with Gasteiger partial charge in [0, 0.05) is 12.1 Å². The number of rotatable bonds is 7. The highest BCUT2D eigenvalue weighted by Gasteiger charge is 2.27. The summed E-state index contributed by atoms with van der Waals surface area (Å²) in [6.45, 7) is 7.13. The summed E-state index contributed by atoms with van der Waals surface area (Å²) >= 11 is 0. The maximum Gasteiger partial charge on any atom is 0.123 e. The van der Waals surface area contributed by atoms with Crippen LogP contribution in [-0.2, 0) is 6.54 Å². The normalized spacial score (nSPS) is 16.8. The minimum atomic E-state index is 0.732. The van der Waals surface area contributed by atoms with Crippen molar-refractivity contribution < 1.29 is 4.74 Å². The van der Waals surface area contributed by atoms with Crippen LogP contribution in [0.1, 0.15) is 32.3 Å². The first-order valence-corrected chi connectivity index (χ1v) is 6.72. The molecule has 1 aromatic carbocycles. The number of ether oxygens (including phenoxy) is 1. The first kappa shape index (κ1) is 12.4. The Labute approximate surface area is 104 Å². The predicted octanol–water partition coefficient (Wildman–Crippen LogP) is 3.22. The van der Waals surface area contributed by atoms with E-state index in [4.69, 9.17) is 4.74 Å². The van der Waals surface area contributed by atoms with Crippen LogP contribution in [0.15, 0.2) is 24.3 Å². The largest absolute Gasteiger partial charge is 0.494 e. The van der Waals surface area contributed by atoms with E-state index >= 15 is 0 Å². The smallest absolute Gasteiger partial charge is 0.123 e. The molecule has 0 aromatic heterocycles. The van der Waals surface area contributed by atoms with Crippen molar-refractivity contribution in [3.05, 3.63) is 29.8 Å². The monoisotopic (exact) mass is 233 g/mol. The summed E-state index contributed by atoms with van der Waals surface area (Å²) in [5.41, 5.74) is 1.26. The second-order valence-electron chi connectivity index (χ2n) is 4.99. The van der Waals surface area contributed by atoms with Crippen molar-refractivity contribution in [1.29, 1.82) is 0 Å². The fourth-order valence-electron chi connectivity index (χ4n) is 2.21. The van der Waals surface area contributed by atoms with E-state index in [0.29, 0.717) is 0 Å². The van der Waals surface area contributed by atoms with Crippen molar-refractivity contribution in [3.63, 3.8) is 0 Å². The molecule has 2 rings (SSSR count). The Balaban J connectivity index is 1.80. The fourth-order valence-corrected chi connectivity index (χ4v) is 2.21. The first-order chi connectivity index (χ1) is 8.31. The van der Waals surface area contributed by atoms with Crippen LogP contribution in [0.25, 0.3) is 0 Å². The van der Waals surface area contributed by atoms with Crippen molar-refractivity contribution in [3.8, 4) is 5.75 Å². The third kappa shape index (κ3) is 3.74. The predicted molar refractivity (Wildman–Crippen MR) is 71.2 cm³/mol. The van der Waals surface area contributed by atoms with Crippen LogP contribution in [-0.4, -0.2) is 13.2 Å². The maximum atomic E-state index is 5.61. The molecule has 0 radical (unpaired) electrons. The lowest BCUT2D eigenvalue weighted by atomic mass is 10.1. The van der Waals surface area contributed by atoms with Crippen LogP contribution in [0, 0.1) is 11.8 Å². The molecule has 1 aliphatic carbocycles. The van der Waals surface area contributed by atoms with Crippen molar-refractivity contribution in [1.82, 2.24) is 5.32 Å². The summed E-state index contributed by atoms with van der Waals surface area (Å²) in [4.78, 5) is 0. The Morgan fingerprint density at radius 3 is 2.82 bits per heavy atom. The van der Waals surface area contributed by atoms with Crippen LogP contribution in [0.5, 0.6) is 5.75 Å². The van der Waals surface area contributed by atoms with Gasteiger partial charge in [0.05, 0.1) is 6.61 Å². The average Bonchev–Trinajstić information content (AvgIpc) is 3.15. The Morgan fingerprint density at radius 2 is 2.12 bits per heavy atom. The van der Waals surface area contributed by atoms with Crippen molar-refractivity contribution >= 4 is 0 Å². The fraction of sp³-hybridized carbons (Fsp3) is 0.600. The van der Waals surface area contributed by atoms with Crippen LogP contribution in [0.2, 0.25) is 0 Å². The second kappa shape index (κ2) is 6.06. The summed E-state index contributed by atoms with van der Waals surface area (Å²) in [7, 11) is 0. The lowest BCUT2D eigenvalue weighted by Gasteiger charge is -2.13. The quantitative estimate of drug-likeness (QED) is 0.780. The maximum absolute atomic E-state index is 5.61. The molecule has 1 N–H and O–H groups in total. The third-order valence-electron chi connectivity index (χ3n) is 3.48. The van der Waals surface area contributed by atoms with Gasteiger partial charge in [-0.25, -0.2) is 0 Å². The van der Waals surface area contributed by atoms with Crippen LogP contribution >= 0.6 is 0 Å². The van der Waals surface area contributed by atoms with E-state index in [-0.39, 0.29) is 0 Å². The van der Waals surface area contributed by atoms with Gasteiger partial charge in [0.15, 0.2) is 0 Å². The number of nitrogens with one attached hydrogen (secondary N) is 1. The van der Waals surface area contributed by atoms with Gasteiger partial charge >= 0.3 is 0 Å². The van der Waals surface area contributed by atoms with Gasteiger partial charge in [-0.1, -0.05) is 25.1 Å². The van der Waals surface area contributed by atoms with Crippen LogP contribution in [0.4, 0.5) is 0 Å². The van der Waals surface area contributed by atoms with Gasteiger partial charge in [0.1, 0.15) is 5.75 Å². The van der Waals surface area contributed by atoms with Gasteiger partial charge in [-0.2, -0.15) is 0 Å². The highest BCUT2D eigenvalue weighted by atomic mass is 16.5. The van der Waals surface area contributed by atoms with Gasteiger partial charge in [0.25, 0.3) is 0 Å². The van der Waals surface area contributed by atoms with E-state index in [0.717, 1.165) is 37.3 Å². The molecule has 2 heteroatoms. The number of benzene rings is 1. The molecule has 0 saturated heterocycles. The van der Waals surface area contributed by atoms with Crippen LogP contribution < -0.4 is 10.1 Å². The Hall–Kier alpha value is -1.02. The first-order valence-electron chi connectivity index (χ1n) is 6.72. The highest BCUT2D eigenvalue weighted by Crippen LogP contribution is 2.36. The molecule has 2 nitrogen and oxygen atoms in total. The minimum absolute atomic E-state index is 0.732. The molecule has 1 atom stereocenters. The van der Waals surface area contributed by atoms with E-state index in [1.54, 1.807) is 0 Å². The molecular formula is C15H23NO. The zero-order valence-electron chi connectivity index (χ0n) is 10.9. The molecule has 0 amide bonds. The number of hydrogen-bond donors (Lipinski definition) is 1. The summed E-state index contributed by atoms with van der Waals surface area (Å²) in [6, 6.07) is 8.29. The molecule has 0 heterocycles. The molecule has 1 unspecified atom stereocenters. The van der Waals surface area contributed by atoms with Gasteiger partial charge < -0.3 is 10.1 Å². The Kier molecular flexibility index (Phi) is 4.43. The Morgan fingerprint density at radius 1 is 1.35 bits per heavy atom. The summed E-state index contributed by atoms with van der Waals surface area (Å²) in [5.74, 6) is 2.81. The molecule has 1 aromatic rings. The van der Waals surface area contributed by atoms with Gasteiger partial charge in [-0.3, -0.25) is 0 Å². The Bertz CT molecular complexity index is 347. The summed E-state index contributed by atoms with van der Waals surface area (Å²) in [5, 5.41) is 3.54. The topological polar surface area (TPSA) is 21.3 Å². The molecule has 1 fully saturated rings. The van der Waals surface area contributed by atoms with Crippen molar-refractivity contribution in [2.75, 3.05) is 13.2 Å². The molecule has 0 bridgehead atoms. The molecule has 0 spiro atoms. The van der Waals surface area contributed by atoms with E-state index in [9.17, 15) is 0 Å².